The lowest BCUT2D eigenvalue weighted by molar-refractivity contribution is -0.124. The predicted molar refractivity (Wildman–Crippen MR) is 104 cm³/mol. The van der Waals surface area contributed by atoms with Gasteiger partial charge in [0.2, 0.25) is 0 Å². The molecule has 0 aliphatic carbocycles. The van der Waals surface area contributed by atoms with Crippen molar-refractivity contribution in [2.75, 3.05) is 6.54 Å². The van der Waals surface area contributed by atoms with E-state index in [-0.39, 0.29) is 5.91 Å². The molecule has 0 atom stereocenters. The molecule has 0 saturated carbocycles. The predicted octanol–water partition coefficient (Wildman–Crippen LogP) is 3.05. The highest BCUT2D eigenvalue weighted by Gasteiger charge is 2.07. The number of aromatic nitrogens is 1. The molecule has 0 aliphatic heterocycles. The van der Waals surface area contributed by atoms with Gasteiger partial charge < -0.3 is 10.3 Å². The van der Waals surface area contributed by atoms with Crippen molar-refractivity contribution in [2.45, 2.75) is 13.3 Å². The van der Waals surface area contributed by atoms with Crippen LogP contribution >= 0.6 is 0 Å². The quantitative estimate of drug-likeness (QED) is 0.308. The van der Waals surface area contributed by atoms with Crippen molar-refractivity contribution in [1.29, 1.82) is 0 Å². The van der Waals surface area contributed by atoms with Crippen LogP contribution in [-0.4, -0.2) is 28.6 Å². The van der Waals surface area contributed by atoms with E-state index in [2.05, 4.69) is 16.4 Å². The van der Waals surface area contributed by atoms with Crippen molar-refractivity contribution >= 4 is 28.3 Å². The molecular formula is C21H21N3O3. The van der Waals surface area contributed by atoms with E-state index in [0.29, 0.717) is 17.7 Å². The highest BCUT2D eigenvalue weighted by Crippen LogP contribution is 2.18. The van der Waals surface area contributed by atoms with E-state index in [0.717, 1.165) is 17.5 Å². The minimum Gasteiger partial charge on any atom is -0.361 e. The van der Waals surface area contributed by atoms with Crippen LogP contribution in [-0.2, 0) is 11.2 Å². The number of carbonyl (C=O) groups is 2. The third-order valence-electron chi connectivity index (χ3n) is 4.42. The number of hydrogen-bond donors (Lipinski definition) is 4. The van der Waals surface area contributed by atoms with Gasteiger partial charge in [-0.3, -0.25) is 14.8 Å². The molecule has 2 amide bonds. The number of H-pyrrole nitrogens is 1. The Morgan fingerprint density at radius 1 is 1.07 bits per heavy atom. The number of rotatable bonds is 6. The number of benzene rings is 2. The van der Waals surface area contributed by atoms with Crippen LogP contribution in [0.25, 0.3) is 16.5 Å². The average Bonchev–Trinajstić information content (AvgIpc) is 3.11. The number of nitrogens with one attached hydrogen (secondary N) is 3. The topological polar surface area (TPSA) is 94.2 Å². The van der Waals surface area contributed by atoms with Crippen molar-refractivity contribution in [3.63, 3.8) is 0 Å². The van der Waals surface area contributed by atoms with E-state index in [4.69, 9.17) is 5.21 Å². The number of fused-ring (bicyclic) bond motifs is 1. The van der Waals surface area contributed by atoms with Gasteiger partial charge in [0.25, 0.3) is 11.8 Å². The first-order chi connectivity index (χ1) is 13.1. The molecule has 4 N–H and O–H groups in total. The minimum atomic E-state index is -0.591. The Bertz CT molecular complexity index is 987. The zero-order valence-electron chi connectivity index (χ0n) is 15.0. The van der Waals surface area contributed by atoms with E-state index in [9.17, 15) is 9.59 Å². The summed E-state index contributed by atoms with van der Waals surface area (Å²) >= 11 is 0. The number of aromatic amines is 1. The van der Waals surface area contributed by atoms with Crippen LogP contribution < -0.4 is 10.8 Å². The fourth-order valence-electron chi connectivity index (χ4n) is 2.95. The summed E-state index contributed by atoms with van der Waals surface area (Å²) < 4.78 is 0. The first-order valence-corrected chi connectivity index (χ1v) is 8.64. The Balaban J connectivity index is 1.58. The van der Waals surface area contributed by atoms with Gasteiger partial charge in [0.15, 0.2) is 0 Å². The Morgan fingerprint density at radius 3 is 2.52 bits per heavy atom. The largest absolute Gasteiger partial charge is 0.361 e. The lowest BCUT2D eigenvalue weighted by atomic mass is 10.0. The van der Waals surface area contributed by atoms with Gasteiger partial charge in [-0.2, -0.15) is 0 Å². The maximum Gasteiger partial charge on any atom is 0.267 e. The molecule has 138 valence electrons. The first kappa shape index (κ1) is 18.4. The standard InChI is InChI=1S/C21H21N3O3/c1-14(12-20(25)24-27)15-6-8-16(9-7-15)21(26)22-11-10-17-13-23-19-5-3-2-4-18(17)19/h2-9,12-13,23,27H,10-11H2,1H3,(H,22,26)(H,24,25). The summed E-state index contributed by atoms with van der Waals surface area (Å²) in [6, 6.07) is 15.0. The fraction of sp³-hybridized carbons (Fsp3) is 0.143. The van der Waals surface area contributed by atoms with Crippen molar-refractivity contribution in [1.82, 2.24) is 15.8 Å². The van der Waals surface area contributed by atoms with E-state index in [1.54, 1.807) is 36.7 Å². The van der Waals surface area contributed by atoms with Crippen molar-refractivity contribution in [2.24, 2.45) is 0 Å². The smallest absolute Gasteiger partial charge is 0.267 e. The summed E-state index contributed by atoms with van der Waals surface area (Å²) in [6.07, 6.45) is 4.01. The van der Waals surface area contributed by atoms with Crippen molar-refractivity contribution in [3.05, 3.63) is 77.5 Å². The molecule has 0 fully saturated rings. The van der Waals surface area contributed by atoms with Gasteiger partial charge in [-0.05, 0) is 48.2 Å². The van der Waals surface area contributed by atoms with Crippen molar-refractivity contribution in [3.8, 4) is 0 Å². The minimum absolute atomic E-state index is 0.142. The number of hydrogen-bond acceptors (Lipinski definition) is 3. The lowest BCUT2D eigenvalue weighted by Crippen LogP contribution is -2.25. The van der Waals surface area contributed by atoms with Crippen LogP contribution in [0.15, 0.2) is 60.8 Å². The number of amides is 2. The third kappa shape index (κ3) is 4.43. The Hall–Kier alpha value is -3.38. The summed E-state index contributed by atoms with van der Waals surface area (Å²) in [5.74, 6) is -0.734. The van der Waals surface area contributed by atoms with Crippen LogP contribution in [0, 0.1) is 0 Å². The van der Waals surface area contributed by atoms with E-state index in [1.807, 2.05) is 24.4 Å². The second-order valence-corrected chi connectivity index (χ2v) is 6.25. The summed E-state index contributed by atoms with van der Waals surface area (Å²) in [5.41, 5.74) is 5.86. The zero-order valence-corrected chi connectivity index (χ0v) is 15.0. The molecule has 0 aliphatic rings. The molecular weight excluding hydrogens is 342 g/mol. The van der Waals surface area contributed by atoms with Gasteiger partial charge in [-0.25, -0.2) is 5.48 Å². The molecule has 2 aromatic carbocycles. The maximum absolute atomic E-state index is 12.3. The average molecular weight is 363 g/mol. The van der Waals surface area contributed by atoms with Crippen LogP contribution in [0.1, 0.15) is 28.4 Å². The van der Waals surface area contributed by atoms with Gasteiger partial charge >= 0.3 is 0 Å². The van der Waals surface area contributed by atoms with Crippen LogP contribution in [0.3, 0.4) is 0 Å². The van der Waals surface area contributed by atoms with Gasteiger partial charge in [0.05, 0.1) is 0 Å². The molecule has 0 bridgehead atoms. The molecule has 3 aromatic rings. The van der Waals surface area contributed by atoms with Gasteiger partial charge in [0.1, 0.15) is 0 Å². The molecule has 6 heteroatoms. The highest BCUT2D eigenvalue weighted by atomic mass is 16.5. The number of carbonyl (C=O) groups excluding carboxylic acids is 2. The number of allylic oxidation sites excluding steroid dienone is 1. The van der Waals surface area contributed by atoms with Crippen LogP contribution in [0.2, 0.25) is 0 Å². The van der Waals surface area contributed by atoms with Gasteiger partial charge in [-0.1, -0.05) is 30.3 Å². The highest BCUT2D eigenvalue weighted by molar-refractivity contribution is 5.96. The molecule has 6 nitrogen and oxygen atoms in total. The van der Waals surface area contributed by atoms with Crippen molar-refractivity contribution < 1.29 is 14.8 Å². The fourth-order valence-corrected chi connectivity index (χ4v) is 2.95. The van der Waals surface area contributed by atoms with E-state index < -0.39 is 5.91 Å². The molecule has 1 heterocycles. The second kappa shape index (κ2) is 8.33. The zero-order chi connectivity index (χ0) is 19.2. The monoisotopic (exact) mass is 363 g/mol. The molecule has 0 saturated heterocycles. The summed E-state index contributed by atoms with van der Waals surface area (Å²) in [6.45, 7) is 2.30. The first-order valence-electron chi connectivity index (χ1n) is 8.64. The van der Waals surface area contributed by atoms with Crippen LogP contribution in [0.5, 0.6) is 0 Å². The number of hydroxylamine groups is 1. The normalized spacial score (nSPS) is 11.4. The van der Waals surface area contributed by atoms with E-state index >= 15 is 0 Å². The Kier molecular flexibility index (Phi) is 5.68. The third-order valence-corrected chi connectivity index (χ3v) is 4.42. The van der Waals surface area contributed by atoms with Gasteiger partial charge in [-0.15, -0.1) is 0 Å². The Morgan fingerprint density at radius 2 is 1.78 bits per heavy atom. The van der Waals surface area contributed by atoms with Gasteiger partial charge in [0, 0.05) is 35.3 Å². The summed E-state index contributed by atoms with van der Waals surface area (Å²) in [7, 11) is 0. The Labute approximate surface area is 156 Å². The lowest BCUT2D eigenvalue weighted by Gasteiger charge is -2.07. The molecule has 0 spiro atoms. The van der Waals surface area contributed by atoms with E-state index in [1.165, 1.54) is 17.0 Å². The van der Waals surface area contributed by atoms with Crippen LogP contribution in [0.4, 0.5) is 0 Å². The maximum atomic E-state index is 12.3. The molecule has 1 aromatic heterocycles. The molecule has 3 rings (SSSR count). The molecule has 0 unspecified atom stereocenters. The second-order valence-electron chi connectivity index (χ2n) is 6.25. The molecule has 27 heavy (non-hydrogen) atoms. The number of para-hydroxylation sites is 1. The molecule has 0 radical (unpaired) electrons. The summed E-state index contributed by atoms with van der Waals surface area (Å²) in [5, 5.41) is 12.7. The summed E-state index contributed by atoms with van der Waals surface area (Å²) in [4.78, 5) is 26.7. The SMILES string of the molecule is CC(=CC(=O)NO)c1ccc(C(=O)NCCc2c[nH]c3ccccc23)cc1.